The van der Waals surface area contributed by atoms with Gasteiger partial charge >= 0.3 is 17.9 Å². The lowest BCUT2D eigenvalue weighted by atomic mass is 9.74. The first-order valence-electron chi connectivity index (χ1n) is 15.7. The second-order valence-corrected chi connectivity index (χ2v) is 12.7. The predicted octanol–water partition coefficient (Wildman–Crippen LogP) is 3.01. The van der Waals surface area contributed by atoms with E-state index in [1.54, 1.807) is 26.0 Å². The number of cyclic esters (lactones) is 1. The molecule has 2 unspecified atom stereocenters. The first kappa shape index (κ1) is 34.5. The quantitative estimate of drug-likeness (QED) is 0.205. The van der Waals surface area contributed by atoms with Crippen LogP contribution in [0.15, 0.2) is 23.8 Å². The Morgan fingerprint density at radius 1 is 1.05 bits per heavy atom. The van der Waals surface area contributed by atoms with Crippen molar-refractivity contribution in [2.24, 2.45) is 5.41 Å². The van der Waals surface area contributed by atoms with Gasteiger partial charge in [-0.3, -0.25) is 9.59 Å². The molecule has 0 aromatic rings. The van der Waals surface area contributed by atoms with Crippen molar-refractivity contribution in [2.45, 2.75) is 134 Å². The summed E-state index contributed by atoms with van der Waals surface area (Å²) < 4.78 is 40.8. The summed E-state index contributed by atoms with van der Waals surface area (Å²) >= 11 is 0. The van der Waals surface area contributed by atoms with Crippen LogP contribution in [0.1, 0.15) is 85.0 Å². The maximum Gasteiger partial charge on any atom is 0.330 e. The highest BCUT2D eigenvalue weighted by Crippen LogP contribution is 2.46. The number of hydrogen-bond acceptors (Lipinski definition) is 12. The third kappa shape index (κ3) is 8.88. The number of esters is 3. The molecule has 0 aliphatic carbocycles. The zero-order chi connectivity index (χ0) is 31.9. The number of carbonyl (C=O) groups is 3. The standard InChI is InChI=1S/C32H48O12/c1-20(34)40-30-21(16-28(36)38-4)15-25-18-26(19-33)42-27(35)10-6-8-22-7-5-9-23(41-22)17-24-12-14-39-29(43-24)11-13-31(2,3)32(30,37)44-25/h11,13,16,22-26,29-30,33,37H,5-10,12,14-15,17-19H2,1-4H3/b13-11+,21-16+/t22-,23+,24-,25?,26?,29-,30-,32+/m0/s1. The summed E-state index contributed by atoms with van der Waals surface area (Å²) in [6, 6.07) is 0. The van der Waals surface area contributed by atoms with E-state index in [1.807, 2.05) is 0 Å². The summed E-state index contributed by atoms with van der Waals surface area (Å²) in [5, 5.41) is 22.4. The fourth-order valence-corrected chi connectivity index (χ4v) is 6.42. The zero-order valence-corrected chi connectivity index (χ0v) is 26.2. The predicted molar refractivity (Wildman–Crippen MR) is 155 cm³/mol. The number of rotatable bonds is 3. The van der Waals surface area contributed by atoms with E-state index in [9.17, 15) is 24.6 Å². The van der Waals surface area contributed by atoms with Gasteiger partial charge in [0, 0.05) is 31.3 Å². The smallest absolute Gasteiger partial charge is 0.330 e. The Labute approximate surface area is 259 Å². The number of carbonyl (C=O) groups excluding carboxylic acids is 3. The molecule has 248 valence electrons. The van der Waals surface area contributed by atoms with E-state index in [-0.39, 0.29) is 43.1 Å². The number of ether oxygens (including phenoxy) is 7. The second-order valence-electron chi connectivity index (χ2n) is 12.7. The van der Waals surface area contributed by atoms with Crippen LogP contribution in [0.5, 0.6) is 0 Å². The van der Waals surface area contributed by atoms with Crippen molar-refractivity contribution >= 4 is 17.9 Å². The molecule has 0 aromatic carbocycles. The van der Waals surface area contributed by atoms with E-state index >= 15 is 0 Å². The molecule has 4 rings (SSSR count). The van der Waals surface area contributed by atoms with Gasteiger partial charge in [-0.05, 0) is 63.0 Å². The molecule has 0 spiro atoms. The summed E-state index contributed by atoms with van der Waals surface area (Å²) in [4.78, 5) is 37.4. The minimum Gasteiger partial charge on any atom is -0.466 e. The topological polar surface area (TPSA) is 156 Å². The molecule has 4 aliphatic heterocycles. The van der Waals surface area contributed by atoms with Gasteiger partial charge in [-0.15, -0.1) is 0 Å². The van der Waals surface area contributed by atoms with Crippen LogP contribution >= 0.6 is 0 Å². The van der Waals surface area contributed by atoms with Gasteiger partial charge in [0.25, 0.3) is 0 Å². The van der Waals surface area contributed by atoms with E-state index in [1.165, 1.54) is 20.1 Å². The van der Waals surface area contributed by atoms with Crippen LogP contribution in [-0.2, 0) is 47.5 Å². The molecule has 44 heavy (non-hydrogen) atoms. The molecule has 8 atom stereocenters. The molecule has 0 saturated carbocycles. The minimum absolute atomic E-state index is 0.0135. The van der Waals surface area contributed by atoms with Crippen LogP contribution in [0.25, 0.3) is 0 Å². The van der Waals surface area contributed by atoms with Crippen molar-refractivity contribution in [1.29, 1.82) is 0 Å². The fourth-order valence-electron chi connectivity index (χ4n) is 6.42. The van der Waals surface area contributed by atoms with Crippen molar-refractivity contribution in [3.8, 4) is 0 Å². The van der Waals surface area contributed by atoms with Gasteiger partial charge in [-0.2, -0.15) is 0 Å². The number of methoxy groups -OCH3 is 1. The molecule has 0 aromatic heterocycles. The highest BCUT2D eigenvalue weighted by atomic mass is 16.7. The molecule has 4 aliphatic rings. The molecule has 3 fully saturated rings. The average molecular weight is 625 g/mol. The van der Waals surface area contributed by atoms with Gasteiger partial charge in [0.15, 0.2) is 12.4 Å². The van der Waals surface area contributed by atoms with Gasteiger partial charge in [-0.1, -0.05) is 19.9 Å². The van der Waals surface area contributed by atoms with E-state index in [0.717, 1.165) is 38.5 Å². The minimum atomic E-state index is -2.19. The van der Waals surface area contributed by atoms with Gasteiger partial charge in [-0.25, -0.2) is 4.79 Å². The monoisotopic (exact) mass is 624 g/mol. The summed E-state index contributed by atoms with van der Waals surface area (Å²) in [5.74, 6) is -4.04. The summed E-state index contributed by atoms with van der Waals surface area (Å²) in [7, 11) is 1.22. The molecule has 0 amide bonds. The van der Waals surface area contributed by atoms with Crippen LogP contribution < -0.4 is 0 Å². The third-order valence-corrected chi connectivity index (χ3v) is 8.83. The fraction of sp³-hybridized carbons (Fsp3) is 0.781. The molecular formula is C32H48O12. The first-order chi connectivity index (χ1) is 20.9. The van der Waals surface area contributed by atoms with Gasteiger partial charge in [0.1, 0.15) is 6.10 Å². The summed E-state index contributed by atoms with van der Waals surface area (Å²) in [6.45, 7) is 4.62. The molecular weight excluding hydrogens is 576 g/mol. The second kappa shape index (κ2) is 15.3. The molecule has 12 nitrogen and oxygen atoms in total. The Balaban J connectivity index is 1.69. The number of aliphatic hydroxyl groups excluding tert-OH is 1. The maximum absolute atomic E-state index is 12.8. The molecule has 12 heteroatoms. The number of aliphatic hydroxyl groups is 2. The van der Waals surface area contributed by atoms with Gasteiger partial charge < -0.3 is 43.4 Å². The van der Waals surface area contributed by atoms with Crippen LogP contribution in [0, 0.1) is 5.41 Å². The summed E-state index contributed by atoms with van der Waals surface area (Å²) in [5.41, 5.74) is -0.985. The van der Waals surface area contributed by atoms with Gasteiger partial charge in [0.05, 0.1) is 44.7 Å². The van der Waals surface area contributed by atoms with Crippen molar-refractivity contribution in [2.75, 3.05) is 20.3 Å². The Kier molecular flexibility index (Phi) is 12.0. The molecule has 0 radical (unpaired) electrons. The maximum atomic E-state index is 12.8. The Morgan fingerprint density at radius 2 is 1.77 bits per heavy atom. The number of hydrogen-bond donors (Lipinski definition) is 2. The van der Waals surface area contributed by atoms with Crippen molar-refractivity contribution in [3.63, 3.8) is 0 Å². The van der Waals surface area contributed by atoms with E-state index in [4.69, 9.17) is 33.2 Å². The first-order valence-corrected chi connectivity index (χ1v) is 15.7. The van der Waals surface area contributed by atoms with Crippen LogP contribution in [-0.4, -0.2) is 97.1 Å². The van der Waals surface area contributed by atoms with Crippen molar-refractivity contribution in [3.05, 3.63) is 23.8 Å². The van der Waals surface area contributed by atoms with Crippen LogP contribution in [0.4, 0.5) is 0 Å². The Bertz CT molecular complexity index is 1070. The lowest BCUT2D eigenvalue weighted by Crippen LogP contribution is -2.62. The number of fused-ring (bicyclic) bond motifs is 6. The Hall–Kier alpha value is -2.35. The SMILES string of the molecule is COC(=O)/C=C1\CC2CC(CO)OC(=O)CCC[C@@H]3CCC[C@H](C[C@@H]4CCO[C@H](/C=C/C(C)(C)[C@](O)(O2)[C@H]1OC(C)=O)O4)O3. The van der Waals surface area contributed by atoms with Crippen molar-refractivity contribution < 1.29 is 57.8 Å². The third-order valence-electron chi connectivity index (χ3n) is 8.83. The molecule has 2 N–H and O–H groups in total. The average Bonchev–Trinajstić information content (AvgIpc) is 2.97. The highest BCUT2D eigenvalue weighted by Gasteiger charge is 2.57. The van der Waals surface area contributed by atoms with Gasteiger partial charge in [0.2, 0.25) is 5.79 Å². The largest absolute Gasteiger partial charge is 0.466 e. The Morgan fingerprint density at radius 3 is 2.50 bits per heavy atom. The highest BCUT2D eigenvalue weighted by molar-refractivity contribution is 5.83. The van der Waals surface area contributed by atoms with E-state index < -0.39 is 60.3 Å². The zero-order valence-electron chi connectivity index (χ0n) is 26.2. The van der Waals surface area contributed by atoms with Crippen LogP contribution in [0.2, 0.25) is 0 Å². The summed E-state index contributed by atoms with van der Waals surface area (Å²) in [6.07, 6.45) is 6.67. The lowest BCUT2D eigenvalue weighted by Gasteiger charge is -2.50. The normalized spacial score (nSPS) is 38.5. The van der Waals surface area contributed by atoms with E-state index in [0.29, 0.717) is 13.0 Å². The molecule has 4 heterocycles. The van der Waals surface area contributed by atoms with Crippen molar-refractivity contribution in [1.82, 2.24) is 0 Å². The van der Waals surface area contributed by atoms with E-state index in [2.05, 4.69) is 0 Å². The van der Waals surface area contributed by atoms with Crippen LogP contribution in [0.3, 0.4) is 0 Å². The lowest BCUT2D eigenvalue weighted by molar-refractivity contribution is -0.327. The molecule has 3 saturated heterocycles. The molecule has 6 bridgehead atoms.